The van der Waals surface area contributed by atoms with Crippen LogP contribution in [0.3, 0.4) is 0 Å². The van der Waals surface area contributed by atoms with Crippen molar-refractivity contribution in [1.82, 2.24) is 14.0 Å². The first-order chi connectivity index (χ1) is 21.6. The molecule has 7 rings (SSSR count). The summed E-state index contributed by atoms with van der Waals surface area (Å²) in [4.78, 5) is 2.09. The second-order valence-corrected chi connectivity index (χ2v) is 12.2. The molecule has 0 spiro atoms. The molecule has 1 aliphatic heterocycles. The van der Waals surface area contributed by atoms with Gasteiger partial charge >= 0.3 is 264 Å². The molecule has 0 amide bonds. The molecule has 2 heterocycles. The number of aryl methyl sites for hydroxylation is 1. The zero-order valence-electron chi connectivity index (χ0n) is 24.7. The fourth-order valence-corrected chi connectivity index (χ4v) is 6.71. The van der Waals surface area contributed by atoms with Crippen molar-refractivity contribution in [1.29, 1.82) is 0 Å². The molecule has 0 fully saturated rings. The normalized spacial score (nSPS) is 12.6. The van der Waals surface area contributed by atoms with Crippen LogP contribution in [0.15, 0.2) is 145 Å². The van der Waals surface area contributed by atoms with Gasteiger partial charge in [-0.3, -0.25) is 0 Å². The number of anilines is 1. The fourth-order valence-electron chi connectivity index (χ4n) is 6.08. The SMILES string of the molecule is CN1C=NN(c2cccc(B(c3cccc(-n4ccn(C)[c]4=[Pt])c3)c3c(-c4ccccc4)cccc3-c3ccccc3)c2)C1. The summed E-state index contributed by atoms with van der Waals surface area (Å²) in [6.07, 6.45) is 6.11. The Kier molecular flexibility index (Phi) is 7.76. The summed E-state index contributed by atoms with van der Waals surface area (Å²) in [5, 5.41) is 6.71. The summed E-state index contributed by atoms with van der Waals surface area (Å²) < 4.78 is 5.53. The minimum absolute atomic E-state index is 0.0482. The molecule has 0 radical (unpaired) electrons. The van der Waals surface area contributed by atoms with Gasteiger partial charge in [0.05, 0.1) is 0 Å². The van der Waals surface area contributed by atoms with E-state index in [4.69, 9.17) is 0 Å². The monoisotopic (exact) mass is 752 g/mol. The number of aromatic nitrogens is 2. The number of benzene rings is 5. The van der Waals surface area contributed by atoms with Crippen molar-refractivity contribution in [2.24, 2.45) is 12.1 Å². The third-order valence-corrected chi connectivity index (χ3v) is 9.53. The molecule has 0 atom stereocenters. The van der Waals surface area contributed by atoms with Gasteiger partial charge in [-0.2, -0.15) is 0 Å². The van der Waals surface area contributed by atoms with Crippen LogP contribution >= 0.6 is 0 Å². The molecule has 0 N–H and O–H groups in total. The van der Waals surface area contributed by atoms with E-state index in [0.29, 0.717) is 0 Å². The van der Waals surface area contributed by atoms with E-state index in [-0.39, 0.29) is 6.71 Å². The standard InChI is InChI=1S/C37H32BN5.Pt/c1-40-22-23-42(27-40)33-18-9-16-31(24-33)38(32-17-10-19-34(25-32)43-28-41(2)26-39-43)37-35(29-12-5-3-6-13-29)20-11-21-36(37)30-14-7-4-8-15-30;/h3-26H,28H2,1-2H3;. The van der Waals surface area contributed by atoms with Gasteiger partial charge in [-0.1, -0.05) is 0 Å². The van der Waals surface area contributed by atoms with Crippen molar-refractivity contribution in [3.63, 3.8) is 0 Å². The zero-order valence-corrected chi connectivity index (χ0v) is 27.0. The maximum absolute atomic E-state index is 4.66. The van der Waals surface area contributed by atoms with Crippen molar-refractivity contribution >= 4 is 35.1 Å². The number of nitrogens with zero attached hydrogens (tertiary/aromatic N) is 5. The van der Waals surface area contributed by atoms with Gasteiger partial charge in [-0.05, 0) is 0 Å². The van der Waals surface area contributed by atoms with Crippen LogP contribution in [-0.2, 0) is 26.4 Å². The Morgan fingerprint density at radius 3 is 1.75 bits per heavy atom. The molecule has 6 aromatic rings. The molecule has 0 saturated heterocycles. The minimum atomic E-state index is -0.0482. The van der Waals surface area contributed by atoms with Crippen LogP contribution in [0.2, 0.25) is 0 Å². The van der Waals surface area contributed by atoms with E-state index in [0.717, 1.165) is 21.8 Å². The molecule has 0 bridgehead atoms. The van der Waals surface area contributed by atoms with E-state index in [1.54, 1.807) is 0 Å². The third-order valence-electron chi connectivity index (χ3n) is 8.19. The predicted octanol–water partition coefficient (Wildman–Crippen LogP) is 5.40. The van der Waals surface area contributed by atoms with E-state index >= 15 is 0 Å². The van der Waals surface area contributed by atoms with Gasteiger partial charge in [0.25, 0.3) is 0 Å². The van der Waals surface area contributed by atoms with E-state index in [1.165, 1.54) is 38.6 Å². The summed E-state index contributed by atoms with van der Waals surface area (Å²) >= 11 is 2.39. The van der Waals surface area contributed by atoms with Gasteiger partial charge in [0.1, 0.15) is 0 Å². The second-order valence-electron chi connectivity index (χ2n) is 11.2. The van der Waals surface area contributed by atoms with Gasteiger partial charge in [0.2, 0.25) is 0 Å². The van der Waals surface area contributed by atoms with Crippen LogP contribution in [-0.4, -0.2) is 40.8 Å². The molecule has 44 heavy (non-hydrogen) atoms. The van der Waals surface area contributed by atoms with E-state index in [9.17, 15) is 0 Å². The quantitative estimate of drug-likeness (QED) is 0.205. The number of hydrazone groups is 1. The Bertz CT molecular complexity index is 1960. The summed E-state index contributed by atoms with van der Waals surface area (Å²) in [6, 6.07) is 46.2. The fraction of sp³-hybridized carbons (Fsp3) is 0.0811. The zero-order chi connectivity index (χ0) is 30.0. The Balaban J connectivity index is 1.51. The van der Waals surface area contributed by atoms with Crippen LogP contribution in [0.25, 0.3) is 27.9 Å². The third kappa shape index (κ3) is 5.42. The van der Waals surface area contributed by atoms with Gasteiger partial charge in [0, 0.05) is 7.05 Å². The summed E-state index contributed by atoms with van der Waals surface area (Å²) in [6.45, 7) is 0.677. The van der Waals surface area contributed by atoms with E-state index in [2.05, 4.69) is 190 Å². The summed E-state index contributed by atoms with van der Waals surface area (Å²) in [5.41, 5.74) is 10.8. The summed E-state index contributed by atoms with van der Waals surface area (Å²) in [7, 11) is 4.13. The molecule has 1 aromatic heterocycles. The van der Waals surface area contributed by atoms with Crippen LogP contribution in [0.4, 0.5) is 5.69 Å². The molecule has 1 aliphatic rings. The predicted molar refractivity (Wildman–Crippen MR) is 180 cm³/mol. The Hall–Kier alpha value is -4.67. The van der Waals surface area contributed by atoms with Crippen LogP contribution in [0.1, 0.15) is 0 Å². The van der Waals surface area contributed by atoms with Gasteiger partial charge in [-0.15, -0.1) is 0 Å². The molecule has 0 saturated carbocycles. The number of hydrogen-bond acceptors (Lipinski definition) is 3. The molecular weight excluding hydrogens is 720 g/mol. The van der Waals surface area contributed by atoms with Gasteiger partial charge in [-0.25, -0.2) is 0 Å². The van der Waals surface area contributed by atoms with Crippen LogP contribution in [0, 0.1) is 3.80 Å². The van der Waals surface area contributed by atoms with E-state index < -0.39 is 0 Å². The number of hydrogen-bond donors (Lipinski definition) is 0. The van der Waals surface area contributed by atoms with Crippen molar-refractivity contribution in [2.75, 3.05) is 18.7 Å². The molecular formula is C37H32BN5Pt. The second kappa shape index (κ2) is 12.1. The van der Waals surface area contributed by atoms with Crippen molar-refractivity contribution in [3.8, 4) is 27.9 Å². The molecule has 7 heteroatoms. The van der Waals surface area contributed by atoms with Crippen molar-refractivity contribution < 1.29 is 19.4 Å². The van der Waals surface area contributed by atoms with Crippen LogP contribution < -0.4 is 21.4 Å². The molecule has 218 valence electrons. The average molecular weight is 753 g/mol. The van der Waals surface area contributed by atoms with E-state index in [1.807, 2.05) is 13.4 Å². The molecule has 5 aromatic carbocycles. The molecule has 0 unspecified atom stereocenters. The first-order valence-electron chi connectivity index (χ1n) is 14.7. The topological polar surface area (TPSA) is 28.7 Å². The van der Waals surface area contributed by atoms with Crippen molar-refractivity contribution in [3.05, 3.63) is 144 Å². The van der Waals surface area contributed by atoms with Crippen LogP contribution in [0.5, 0.6) is 0 Å². The Morgan fingerprint density at radius 2 is 1.20 bits per heavy atom. The van der Waals surface area contributed by atoms with Crippen molar-refractivity contribution in [2.45, 2.75) is 0 Å². The number of imidazole rings is 1. The molecule has 5 nitrogen and oxygen atoms in total. The van der Waals surface area contributed by atoms with Gasteiger partial charge in [0.15, 0.2) is 0 Å². The first kappa shape index (κ1) is 28.1. The van der Waals surface area contributed by atoms with Gasteiger partial charge < -0.3 is 0 Å². The first-order valence-corrected chi connectivity index (χ1v) is 15.9. The summed E-state index contributed by atoms with van der Waals surface area (Å²) in [5.74, 6) is 0. The Labute approximate surface area is 269 Å². The Morgan fingerprint density at radius 1 is 0.636 bits per heavy atom. The maximum atomic E-state index is 4.66. The average Bonchev–Trinajstić information content (AvgIpc) is 3.66. The molecule has 0 aliphatic carbocycles. The number of rotatable bonds is 7.